The minimum Gasteiger partial charge on any atom is -0.294 e. The van der Waals surface area contributed by atoms with Gasteiger partial charge in [-0.2, -0.15) is 0 Å². The molecule has 0 N–H and O–H groups in total. The molecule has 0 aliphatic heterocycles. The van der Waals surface area contributed by atoms with Crippen molar-refractivity contribution < 1.29 is 6.22 Å². The van der Waals surface area contributed by atoms with Gasteiger partial charge >= 0.3 is 0 Å². The van der Waals surface area contributed by atoms with Gasteiger partial charge in [-0.25, -0.2) is 0 Å². The topological polar surface area (TPSA) is 29.4 Å². The summed E-state index contributed by atoms with van der Waals surface area (Å²) in [6.45, 7) is 4.15. The number of allylic oxidation sites excluding steroid dienone is 6. The molecule has 2 aliphatic carbocycles. The maximum absolute atomic E-state index is 13.5. The Balaban J connectivity index is 0.00000280. The van der Waals surface area contributed by atoms with E-state index in [1.165, 1.54) is 16.0 Å². The third kappa shape index (κ3) is 4.19. The van der Waals surface area contributed by atoms with E-state index in [-0.39, 0.29) is 7.34 Å². The molecule has 144 valence electrons. The van der Waals surface area contributed by atoms with Crippen LogP contribution in [-0.2, 0) is 4.79 Å². The number of hydrogen-bond donors (Lipinski definition) is 0. The fourth-order valence-corrected chi connectivity index (χ4v) is 4.99. The normalized spacial score (nSPS) is 23.4. The average molecular weight is 382 g/mol. The van der Waals surface area contributed by atoms with E-state index in [2.05, 4.69) is 54.6 Å². The van der Waals surface area contributed by atoms with Crippen molar-refractivity contribution >= 4 is 23.3 Å². The van der Waals surface area contributed by atoms with Crippen molar-refractivity contribution in [3.05, 3.63) is 64.8 Å². The molecule has 0 radical (unpaired) electrons. The lowest BCUT2D eigenvalue weighted by Crippen LogP contribution is -2.20. The van der Waals surface area contributed by atoms with E-state index in [9.17, 15) is 4.79 Å². The zero-order valence-electron chi connectivity index (χ0n) is 16.8. The van der Waals surface area contributed by atoms with Crippen LogP contribution in [0.5, 0.6) is 0 Å². The van der Waals surface area contributed by atoms with Gasteiger partial charge in [0.2, 0.25) is 0 Å². The number of Topliss-reactive ketones (excluding diaryl/α,β-unsaturated/α-hetero) is 1. The summed E-state index contributed by atoms with van der Waals surface area (Å²) in [5, 5.41) is 0. The Morgan fingerprint density at radius 3 is 2.78 bits per heavy atom. The number of carbonyl (C=O) groups is 1. The molecule has 3 rings (SSSR count). The number of nitrogens with zero attached hydrogens (tertiary/aromatic N) is 1. The molecule has 2 nitrogen and oxygen atoms in total. The minimum absolute atomic E-state index is 0. The molecule has 1 fully saturated rings. The Hall–Kier alpha value is -1.87. The molecular weight excluding hydrogens is 350 g/mol. The fraction of sp³-hybridized carbons (Fsp3) is 0.417. The SMILES string of the molecule is CN=C(C)C1=C(C)CC=CC(C(=O)C2CCC[C@@H]2c2ccccc2SC)=C1.[HH]. The molecule has 0 spiro atoms. The maximum Gasteiger partial charge on any atom is 0.166 e. The molecule has 1 unspecified atom stereocenters. The first-order chi connectivity index (χ1) is 13.1. The molecule has 0 saturated heterocycles. The van der Waals surface area contributed by atoms with Crippen molar-refractivity contribution in [1.29, 1.82) is 0 Å². The number of carbonyl (C=O) groups excluding carboxylic acids is 1. The van der Waals surface area contributed by atoms with Gasteiger partial charge in [-0.1, -0.05) is 42.3 Å². The highest BCUT2D eigenvalue weighted by molar-refractivity contribution is 7.98. The first-order valence-corrected chi connectivity index (χ1v) is 11.0. The monoisotopic (exact) mass is 381 g/mol. The number of thioether (sulfide) groups is 1. The molecule has 2 aliphatic rings. The fourth-order valence-electron chi connectivity index (χ4n) is 4.32. The molecule has 0 bridgehead atoms. The highest BCUT2D eigenvalue weighted by atomic mass is 32.2. The molecule has 0 aromatic heterocycles. The number of rotatable bonds is 5. The average Bonchev–Trinajstić information content (AvgIpc) is 3.10. The van der Waals surface area contributed by atoms with Crippen LogP contribution in [0.1, 0.15) is 52.4 Å². The van der Waals surface area contributed by atoms with E-state index in [4.69, 9.17) is 0 Å². The third-order valence-corrected chi connectivity index (χ3v) is 6.69. The van der Waals surface area contributed by atoms with E-state index in [1.807, 2.05) is 20.0 Å². The lowest BCUT2D eigenvalue weighted by atomic mass is 9.83. The first kappa shape index (κ1) is 19.9. The van der Waals surface area contributed by atoms with Gasteiger partial charge in [0, 0.05) is 30.6 Å². The highest BCUT2D eigenvalue weighted by Crippen LogP contribution is 2.44. The lowest BCUT2D eigenvalue weighted by Gasteiger charge is -2.21. The summed E-state index contributed by atoms with van der Waals surface area (Å²) >= 11 is 1.78. The third-order valence-electron chi connectivity index (χ3n) is 5.88. The summed E-state index contributed by atoms with van der Waals surface area (Å²) in [6, 6.07) is 8.58. The molecule has 1 aromatic rings. The van der Waals surface area contributed by atoms with Gasteiger partial charge in [0.1, 0.15) is 0 Å². The van der Waals surface area contributed by atoms with Crippen LogP contribution in [-0.4, -0.2) is 24.8 Å². The van der Waals surface area contributed by atoms with Crippen molar-refractivity contribution in [2.45, 2.75) is 50.3 Å². The molecular formula is C24H31NOS. The number of ketones is 1. The van der Waals surface area contributed by atoms with Gasteiger partial charge in [0.05, 0.1) is 0 Å². The first-order valence-electron chi connectivity index (χ1n) is 9.75. The van der Waals surface area contributed by atoms with E-state index >= 15 is 0 Å². The Labute approximate surface area is 169 Å². The summed E-state index contributed by atoms with van der Waals surface area (Å²) in [7, 11) is 1.82. The molecule has 0 amide bonds. The predicted molar refractivity (Wildman–Crippen MR) is 119 cm³/mol. The number of benzene rings is 1. The second kappa shape index (κ2) is 8.88. The predicted octanol–water partition coefficient (Wildman–Crippen LogP) is 6.40. The molecule has 3 heteroatoms. The van der Waals surface area contributed by atoms with Gasteiger partial charge < -0.3 is 0 Å². The summed E-state index contributed by atoms with van der Waals surface area (Å²) < 4.78 is 0. The second-order valence-electron chi connectivity index (χ2n) is 7.46. The van der Waals surface area contributed by atoms with Gasteiger partial charge in [0.25, 0.3) is 0 Å². The van der Waals surface area contributed by atoms with Crippen molar-refractivity contribution in [2.75, 3.05) is 13.3 Å². The summed E-state index contributed by atoms with van der Waals surface area (Å²) in [4.78, 5) is 19.2. The summed E-state index contributed by atoms with van der Waals surface area (Å²) in [6.07, 6.45) is 12.4. The molecule has 2 atom stereocenters. The summed E-state index contributed by atoms with van der Waals surface area (Å²) in [5.41, 5.74) is 5.57. The highest BCUT2D eigenvalue weighted by Gasteiger charge is 2.36. The van der Waals surface area contributed by atoms with Crippen LogP contribution in [0.2, 0.25) is 0 Å². The Bertz CT molecular complexity index is 850. The van der Waals surface area contributed by atoms with Crippen LogP contribution in [0.15, 0.2) is 69.1 Å². The summed E-state index contributed by atoms with van der Waals surface area (Å²) in [5.74, 6) is 0.696. The van der Waals surface area contributed by atoms with Crippen LogP contribution < -0.4 is 0 Å². The van der Waals surface area contributed by atoms with Gasteiger partial charge in [-0.05, 0) is 68.6 Å². The Kier molecular flexibility index (Phi) is 6.54. The van der Waals surface area contributed by atoms with E-state index < -0.39 is 0 Å². The van der Waals surface area contributed by atoms with Gasteiger partial charge in [-0.15, -0.1) is 11.8 Å². The zero-order valence-corrected chi connectivity index (χ0v) is 17.6. The lowest BCUT2D eigenvalue weighted by molar-refractivity contribution is -0.119. The van der Waals surface area contributed by atoms with Crippen LogP contribution in [0, 0.1) is 5.92 Å². The van der Waals surface area contributed by atoms with Crippen molar-refractivity contribution in [3.63, 3.8) is 0 Å². The molecule has 27 heavy (non-hydrogen) atoms. The standard InChI is InChI=1S/C24H29NOS.H2/c1-16-9-7-10-18(15-22(16)17(2)25-3)24(26)21-13-8-12-19(21)20-11-5-6-14-23(20)27-4;/h5-7,10-11,14-15,19,21H,8-9,12-13H2,1-4H3;1H/t19-,21?;/m1./s1. The van der Waals surface area contributed by atoms with Crippen molar-refractivity contribution in [3.8, 4) is 0 Å². The van der Waals surface area contributed by atoms with Crippen LogP contribution in [0.4, 0.5) is 0 Å². The maximum atomic E-state index is 13.5. The zero-order chi connectivity index (χ0) is 19.4. The molecule has 0 heterocycles. The molecule has 1 saturated carbocycles. The number of aliphatic imine (C=N–C) groups is 1. The Morgan fingerprint density at radius 1 is 1.26 bits per heavy atom. The quantitative estimate of drug-likeness (QED) is 0.436. The van der Waals surface area contributed by atoms with Crippen LogP contribution >= 0.6 is 11.8 Å². The Morgan fingerprint density at radius 2 is 2.04 bits per heavy atom. The van der Waals surface area contributed by atoms with Crippen LogP contribution in [0.3, 0.4) is 0 Å². The van der Waals surface area contributed by atoms with Crippen molar-refractivity contribution in [1.82, 2.24) is 0 Å². The smallest absolute Gasteiger partial charge is 0.166 e. The van der Waals surface area contributed by atoms with E-state index in [0.29, 0.717) is 11.7 Å². The second-order valence-corrected chi connectivity index (χ2v) is 8.31. The van der Waals surface area contributed by atoms with E-state index in [0.717, 1.165) is 42.5 Å². The largest absolute Gasteiger partial charge is 0.294 e. The molecule has 1 aromatic carbocycles. The van der Waals surface area contributed by atoms with Gasteiger partial charge in [0.15, 0.2) is 5.78 Å². The van der Waals surface area contributed by atoms with E-state index in [1.54, 1.807) is 11.8 Å². The number of hydrogen-bond acceptors (Lipinski definition) is 3. The van der Waals surface area contributed by atoms with Crippen molar-refractivity contribution in [2.24, 2.45) is 10.9 Å². The van der Waals surface area contributed by atoms with Gasteiger partial charge in [-0.3, -0.25) is 9.79 Å². The van der Waals surface area contributed by atoms with Crippen LogP contribution in [0.25, 0.3) is 0 Å². The minimum atomic E-state index is 0.